The Morgan fingerprint density at radius 2 is 1.63 bits per heavy atom. The highest BCUT2D eigenvalue weighted by molar-refractivity contribution is 5.99. The molecule has 1 atom stereocenters. The van der Waals surface area contributed by atoms with Crippen LogP contribution in [-0.2, 0) is 20.9 Å². The SMILES string of the molecule is Cc1ccc(C(=O)CCC(=O)OC(C)C(=O)NC(=O)NCc2ccccc2)cc1C. The molecule has 7 heteroatoms. The third-order valence-electron chi connectivity index (χ3n) is 4.60. The standard InChI is InChI=1S/C23H26N2O5/c1-15-9-10-19(13-16(15)2)20(26)11-12-21(27)30-17(3)22(28)25-23(29)24-14-18-7-5-4-6-8-18/h4-10,13,17H,11-12,14H2,1-3H3,(H2,24,25,28,29). The third-order valence-corrected chi connectivity index (χ3v) is 4.60. The molecule has 30 heavy (non-hydrogen) atoms. The normalized spacial score (nSPS) is 11.3. The molecule has 1 unspecified atom stereocenters. The second-order valence-electron chi connectivity index (χ2n) is 7.01. The van der Waals surface area contributed by atoms with E-state index in [1.807, 2.05) is 50.2 Å². The van der Waals surface area contributed by atoms with Gasteiger partial charge in [-0.25, -0.2) is 4.79 Å². The van der Waals surface area contributed by atoms with Crippen LogP contribution in [0.15, 0.2) is 48.5 Å². The Bertz CT molecular complexity index is 924. The summed E-state index contributed by atoms with van der Waals surface area (Å²) in [6.07, 6.45) is -1.33. The highest BCUT2D eigenvalue weighted by atomic mass is 16.5. The van der Waals surface area contributed by atoms with Crippen LogP contribution in [0, 0.1) is 13.8 Å². The fourth-order valence-electron chi connectivity index (χ4n) is 2.62. The van der Waals surface area contributed by atoms with Gasteiger partial charge in [-0.1, -0.05) is 42.5 Å². The molecule has 0 heterocycles. The predicted octanol–water partition coefficient (Wildman–Crippen LogP) is 3.22. The number of imide groups is 1. The van der Waals surface area contributed by atoms with E-state index < -0.39 is 24.0 Å². The lowest BCUT2D eigenvalue weighted by molar-refractivity contribution is -0.154. The molecule has 0 spiro atoms. The number of Topliss-reactive ketones (excluding diaryl/α,β-unsaturated/α-hetero) is 1. The van der Waals surface area contributed by atoms with Crippen molar-refractivity contribution in [2.45, 2.75) is 46.3 Å². The fraction of sp³-hybridized carbons (Fsp3) is 0.304. The van der Waals surface area contributed by atoms with Crippen LogP contribution in [-0.4, -0.2) is 29.8 Å². The van der Waals surface area contributed by atoms with Crippen molar-refractivity contribution < 1.29 is 23.9 Å². The van der Waals surface area contributed by atoms with Crippen molar-refractivity contribution in [2.75, 3.05) is 0 Å². The number of aryl methyl sites for hydroxylation is 2. The molecule has 0 saturated carbocycles. The summed E-state index contributed by atoms with van der Waals surface area (Å²) >= 11 is 0. The van der Waals surface area contributed by atoms with E-state index in [2.05, 4.69) is 10.6 Å². The van der Waals surface area contributed by atoms with Crippen LogP contribution in [0.2, 0.25) is 0 Å². The molecule has 0 saturated heterocycles. The quantitative estimate of drug-likeness (QED) is 0.514. The number of rotatable bonds is 8. The molecule has 158 valence electrons. The summed E-state index contributed by atoms with van der Waals surface area (Å²) in [6, 6.07) is 13.9. The zero-order valence-corrected chi connectivity index (χ0v) is 17.4. The monoisotopic (exact) mass is 410 g/mol. The van der Waals surface area contributed by atoms with Gasteiger partial charge in [0.1, 0.15) is 0 Å². The largest absolute Gasteiger partial charge is 0.453 e. The van der Waals surface area contributed by atoms with E-state index >= 15 is 0 Å². The Balaban J connectivity index is 1.73. The van der Waals surface area contributed by atoms with E-state index in [1.54, 1.807) is 12.1 Å². The molecule has 0 aliphatic carbocycles. The molecule has 2 rings (SSSR count). The Kier molecular flexibility index (Phi) is 8.29. The lowest BCUT2D eigenvalue weighted by Gasteiger charge is -2.13. The van der Waals surface area contributed by atoms with Crippen LogP contribution in [0.25, 0.3) is 0 Å². The van der Waals surface area contributed by atoms with Gasteiger partial charge < -0.3 is 10.1 Å². The molecule has 0 radical (unpaired) electrons. The summed E-state index contributed by atoms with van der Waals surface area (Å²) in [5.41, 5.74) is 3.50. The topological polar surface area (TPSA) is 102 Å². The van der Waals surface area contributed by atoms with E-state index in [0.29, 0.717) is 5.56 Å². The smallest absolute Gasteiger partial charge is 0.321 e. The number of amides is 3. The summed E-state index contributed by atoms with van der Waals surface area (Å²) in [7, 11) is 0. The van der Waals surface area contributed by atoms with E-state index in [9.17, 15) is 19.2 Å². The van der Waals surface area contributed by atoms with Crippen molar-refractivity contribution in [1.82, 2.24) is 10.6 Å². The Morgan fingerprint density at radius 3 is 2.30 bits per heavy atom. The van der Waals surface area contributed by atoms with Crippen molar-refractivity contribution in [3.05, 3.63) is 70.8 Å². The molecule has 0 aliphatic heterocycles. The van der Waals surface area contributed by atoms with Gasteiger partial charge in [-0.15, -0.1) is 0 Å². The van der Waals surface area contributed by atoms with Gasteiger partial charge in [0.15, 0.2) is 11.9 Å². The first kappa shape index (κ1) is 22.8. The van der Waals surface area contributed by atoms with Gasteiger partial charge in [0.05, 0.1) is 6.42 Å². The molecule has 0 fully saturated rings. The second kappa shape index (κ2) is 10.9. The number of esters is 1. The van der Waals surface area contributed by atoms with Gasteiger partial charge in [0.2, 0.25) is 0 Å². The average Bonchev–Trinajstić information content (AvgIpc) is 2.73. The predicted molar refractivity (Wildman–Crippen MR) is 112 cm³/mol. The number of benzene rings is 2. The number of nitrogens with one attached hydrogen (secondary N) is 2. The van der Waals surface area contributed by atoms with Crippen LogP contribution >= 0.6 is 0 Å². The lowest BCUT2D eigenvalue weighted by Crippen LogP contribution is -2.44. The lowest BCUT2D eigenvalue weighted by atomic mass is 10.0. The number of ether oxygens (including phenoxy) is 1. The molecule has 2 aromatic carbocycles. The van der Waals surface area contributed by atoms with Crippen molar-refractivity contribution in [1.29, 1.82) is 0 Å². The van der Waals surface area contributed by atoms with Gasteiger partial charge in [-0.2, -0.15) is 0 Å². The van der Waals surface area contributed by atoms with Crippen LogP contribution in [0.5, 0.6) is 0 Å². The van der Waals surface area contributed by atoms with E-state index in [1.165, 1.54) is 6.92 Å². The Labute approximate surface area is 175 Å². The number of carbonyl (C=O) groups excluding carboxylic acids is 4. The van der Waals surface area contributed by atoms with Gasteiger partial charge in [-0.05, 0) is 43.5 Å². The molecule has 7 nitrogen and oxygen atoms in total. The maximum absolute atomic E-state index is 12.2. The highest BCUT2D eigenvalue weighted by Crippen LogP contribution is 2.13. The van der Waals surface area contributed by atoms with Crippen molar-refractivity contribution in [2.24, 2.45) is 0 Å². The summed E-state index contributed by atoms with van der Waals surface area (Å²) < 4.78 is 5.02. The minimum absolute atomic E-state index is 0.0206. The van der Waals surface area contributed by atoms with Crippen molar-refractivity contribution in [3.8, 4) is 0 Å². The minimum atomic E-state index is -1.16. The maximum atomic E-state index is 12.2. The van der Waals surface area contributed by atoms with Crippen LogP contribution in [0.1, 0.15) is 46.8 Å². The number of urea groups is 1. The molecular weight excluding hydrogens is 384 g/mol. The molecule has 0 bridgehead atoms. The molecule has 3 amide bonds. The summed E-state index contributed by atoms with van der Waals surface area (Å²) in [4.78, 5) is 48.0. The Morgan fingerprint density at radius 1 is 0.933 bits per heavy atom. The molecule has 0 aliphatic rings. The number of hydrogen-bond acceptors (Lipinski definition) is 5. The first-order chi connectivity index (χ1) is 14.3. The fourth-order valence-corrected chi connectivity index (χ4v) is 2.62. The van der Waals surface area contributed by atoms with Crippen LogP contribution < -0.4 is 10.6 Å². The van der Waals surface area contributed by atoms with Gasteiger partial charge >= 0.3 is 12.0 Å². The summed E-state index contributed by atoms with van der Waals surface area (Å²) in [5.74, 6) is -1.60. The van der Waals surface area contributed by atoms with Gasteiger partial charge in [0, 0.05) is 18.5 Å². The number of ketones is 1. The van der Waals surface area contributed by atoms with E-state index in [4.69, 9.17) is 4.74 Å². The zero-order chi connectivity index (χ0) is 22.1. The van der Waals surface area contributed by atoms with Crippen LogP contribution in [0.4, 0.5) is 4.79 Å². The van der Waals surface area contributed by atoms with Crippen molar-refractivity contribution >= 4 is 23.7 Å². The maximum Gasteiger partial charge on any atom is 0.321 e. The highest BCUT2D eigenvalue weighted by Gasteiger charge is 2.20. The first-order valence-electron chi connectivity index (χ1n) is 9.69. The van der Waals surface area contributed by atoms with Crippen molar-refractivity contribution in [3.63, 3.8) is 0 Å². The van der Waals surface area contributed by atoms with Gasteiger partial charge in [-0.3, -0.25) is 19.7 Å². The first-order valence-corrected chi connectivity index (χ1v) is 9.69. The van der Waals surface area contributed by atoms with E-state index in [-0.39, 0.29) is 25.2 Å². The zero-order valence-electron chi connectivity index (χ0n) is 17.4. The van der Waals surface area contributed by atoms with Crippen LogP contribution in [0.3, 0.4) is 0 Å². The number of carbonyl (C=O) groups is 4. The molecule has 2 aromatic rings. The molecule has 2 N–H and O–H groups in total. The number of hydrogen-bond donors (Lipinski definition) is 2. The minimum Gasteiger partial charge on any atom is -0.453 e. The summed E-state index contributed by atoms with van der Waals surface area (Å²) in [5, 5.41) is 4.67. The molecular formula is C23H26N2O5. The summed E-state index contributed by atoms with van der Waals surface area (Å²) in [6.45, 7) is 5.49. The Hall–Kier alpha value is -3.48. The molecule has 0 aromatic heterocycles. The van der Waals surface area contributed by atoms with Gasteiger partial charge in [0.25, 0.3) is 5.91 Å². The second-order valence-corrected chi connectivity index (χ2v) is 7.01. The average molecular weight is 410 g/mol. The van der Waals surface area contributed by atoms with E-state index in [0.717, 1.165) is 16.7 Å². The third kappa shape index (κ3) is 7.16.